The smallest absolute Gasteiger partial charge is 0.194 e. The molecule has 0 radical (unpaired) electrons. The van der Waals surface area contributed by atoms with E-state index in [0.29, 0.717) is 0 Å². The predicted molar refractivity (Wildman–Crippen MR) is 102 cm³/mol. The van der Waals surface area contributed by atoms with Crippen LogP contribution in [0.25, 0.3) is 0 Å². The van der Waals surface area contributed by atoms with Crippen LogP contribution in [0.1, 0.15) is 30.3 Å². The Kier molecular flexibility index (Phi) is 6.90. The van der Waals surface area contributed by atoms with Gasteiger partial charge in [-0.2, -0.15) is 5.10 Å². The monoisotopic (exact) mass is 394 g/mol. The molecule has 0 aromatic carbocycles. The van der Waals surface area contributed by atoms with Crippen LogP contribution in [-0.2, 0) is 20.0 Å². The Bertz CT molecular complexity index is 672. The van der Waals surface area contributed by atoms with Crippen molar-refractivity contribution in [2.24, 2.45) is 12.0 Å². The van der Waals surface area contributed by atoms with E-state index in [0.717, 1.165) is 48.6 Å². The van der Waals surface area contributed by atoms with Crippen molar-refractivity contribution < 1.29 is 0 Å². The van der Waals surface area contributed by atoms with E-state index in [2.05, 4.69) is 81.1 Å². The fourth-order valence-corrected chi connectivity index (χ4v) is 3.16. The fourth-order valence-electron chi connectivity index (χ4n) is 2.59. The normalized spacial score (nSPS) is 11.8. The van der Waals surface area contributed by atoms with Gasteiger partial charge in [-0.15, -0.1) is 0 Å². The van der Waals surface area contributed by atoms with Gasteiger partial charge < -0.3 is 14.8 Å². The molecule has 2 aromatic heterocycles. The maximum absolute atomic E-state index is 4.75. The highest BCUT2D eigenvalue weighted by molar-refractivity contribution is 9.10. The third kappa shape index (κ3) is 5.12. The minimum atomic E-state index is 0.800. The maximum atomic E-state index is 4.75. The standard InChI is InChI=1S/C17H27BrN6/c1-5-19-17(20-8-6-7-14-10-21-22-13(14)2)24(4)12-16-9-15(18)11-23(16)3/h9-11H,5-8,12H2,1-4H3,(H,19,20)(H,21,22). The third-order valence-electron chi connectivity index (χ3n) is 3.97. The number of nitrogens with zero attached hydrogens (tertiary/aromatic N) is 4. The molecule has 0 aliphatic rings. The molecule has 2 rings (SSSR count). The van der Waals surface area contributed by atoms with E-state index in [4.69, 9.17) is 4.99 Å². The molecule has 0 bridgehead atoms. The maximum Gasteiger partial charge on any atom is 0.194 e. The minimum Gasteiger partial charge on any atom is -0.357 e. The number of aromatic nitrogens is 3. The third-order valence-corrected chi connectivity index (χ3v) is 4.40. The van der Waals surface area contributed by atoms with Crippen LogP contribution >= 0.6 is 15.9 Å². The second-order valence-corrected chi connectivity index (χ2v) is 6.89. The largest absolute Gasteiger partial charge is 0.357 e. The van der Waals surface area contributed by atoms with Crippen molar-refractivity contribution in [2.75, 3.05) is 20.1 Å². The summed E-state index contributed by atoms with van der Waals surface area (Å²) in [5.41, 5.74) is 3.67. The number of hydrogen-bond acceptors (Lipinski definition) is 2. The predicted octanol–water partition coefficient (Wildman–Crippen LogP) is 2.85. The van der Waals surface area contributed by atoms with E-state index in [1.165, 1.54) is 11.3 Å². The molecule has 0 amide bonds. The first-order valence-corrected chi connectivity index (χ1v) is 9.09. The van der Waals surface area contributed by atoms with Gasteiger partial charge in [-0.25, -0.2) is 0 Å². The van der Waals surface area contributed by atoms with E-state index in [-0.39, 0.29) is 0 Å². The second kappa shape index (κ2) is 8.92. The number of halogens is 1. The Balaban J connectivity index is 1.91. The zero-order valence-electron chi connectivity index (χ0n) is 14.9. The summed E-state index contributed by atoms with van der Waals surface area (Å²) in [4.78, 5) is 6.92. The molecule has 0 aliphatic carbocycles. The number of aryl methyl sites for hydroxylation is 3. The Morgan fingerprint density at radius 1 is 1.50 bits per heavy atom. The van der Waals surface area contributed by atoms with Crippen LogP contribution in [0.15, 0.2) is 27.9 Å². The zero-order chi connectivity index (χ0) is 17.5. The van der Waals surface area contributed by atoms with Crippen LogP contribution in [0.4, 0.5) is 0 Å². The molecule has 0 saturated heterocycles. The molecule has 6 nitrogen and oxygen atoms in total. The van der Waals surface area contributed by atoms with Gasteiger partial charge in [0.1, 0.15) is 0 Å². The first kappa shape index (κ1) is 18.6. The lowest BCUT2D eigenvalue weighted by atomic mass is 10.1. The van der Waals surface area contributed by atoms with E-state index >= 15 is 0 Å². The molecule has 0 aliphatic heterocycles. The van der Waals surface area contributed by atoms with Crippen molar-refractivity contribution in [1.29, 1.82) is 0 Å². The molecule has 0 spiro atoms. The molecular formula is C17H27BrN6. The van der Waals surface area contributed by atoms with Gasteiger partial charge in [0.05, 0.1) is 12.7 Å². The molecule has 0 atom stereocenters. The summed E-state index contributed by atoms with van der Waals surface area (Å²) in [5, 5.41) is 10.4. The number of H-pyrrole nitrogens is 1. The number of nitrogens with one attached hydrogen (secondary N) is 2. The summed E-state index contributed by atoms with van der Waals surface area (Å²) in [5.74, 6) is 0.943. The lowest BCUT2D eigenvalue weighted by molar-refractivity contribution is 0.461. The average molecular weight is 395 g/mol. The topological polar surface area (TPSA) is 61.2 Å². The van der Waals surface area contributed by atoms with Crippen LogP contribution in [0, 0.1) is 6.92 Å². The van der Waals surface area contributed by atoms with Gasteiger partial charge >= 0.3 is 0 Å². The van der Waals surface area contributed by atoms with E-state index < -0.39 is 0 Å². The van der Waals surface area contributed by atoms with Gasteiger partial charge in [0.2, 0.25) is 0 Å². The molecular weight excluding hydrogens is 368 g/mol. The Morgan fingerprint density at radius 2 is 2.29 bits per heavy atom. The number of aromatic amines is 1. The van der Waals surface area contributed by atoms with Gasteiger partial charge in [-0.05, 0) is 54.2 Å². The van der Waals surface area contributed by atoms with Gasteiger partial charge in [0.15, 0.2) is 5.96 Å². The Morgan fingerprint density at radius 3 is 2.88 bits per heavy atom. The molecule has 24 heavy (non-hydrogen) atoms. The van der Waals surface area contributed by atoms with Gasteiger partial charge in [-0.3, -0.25) is 10.1 Å². The molecule has 0 fully saturated rings. The Hall–Kier alpha value is -1.76. The van der Waals surface area contributed by atoms with Crippen LogP contribution < -0.4 is 5.32 Å². The summed E-state index contributed by atoms with van der Waals surface area (Å²) >= 11 is 3.52. The lowest BCUT2D eigenvalue weighted by Crippen LogP contribution is -2.38. The highest BCUT2D eigenvalue weighted by atomic mass is 79.9. The number of aliphatic imine (C=N–C) groups is 1. The Labute approximate surface area is 152 Å². The summed E-state index contributed by atoms with van der Waals surface area (Å²) in [6.07, 6.45) is 5.99. The molecule has 132 valence electrons. The van der Waals surface area contributed by atoms with Crippen molar-refractivity contribution in [1.82, 2.24) is 25.0 Å². The summed E-state index contributed by atoms with van der Waals surface area (Å²) in [6.45, 7) is 6.63. The quantitative estimate of drug-likeness (QED) is 0.431. The molecule has 2 N–H and O–H groups in total. The molecule has 2 heterocycles. The minimum absolute atomic E-state index is 0.800. The number of rotatable bonds is 7. The second-order valence-electron chi connectivity index (χ2n) is 5.98. The van der Waals surface area contributed by atoms with E-state index in [1.54, 1.807) is 0 Å². The van der Waals surface area contributed by atoms with E-state index in [9.17, 15) is 0 Å². The molecule has 0 saturated carbocycles. The zero-order valence-corrected chi connectivity index (χ0v) is 16.5. The van der Waals surface area contributed by atoms with Crippen LogP contribution in [0.5, 0.6) is 0 Å². The van der Waals surface area contributed by atoms with Crippen molar-refractivity contribution >= 4 is 21.9 Å². The average Bonchev–Trinajstić information content (AvgIpc) is 3.07. The summed E-state index contributed by atoms with van der Waals surface area (Å²) in [6, 6.07) is 2.14. The first-order chi connectivity index (χ1) is 11.5. The van der Waals surface area contributed by atoms with Crippen LogP contribution in [0.2, 0.25) is 0 Å². The highest BCUT2D eigenvalue weighted by Crippen LogP contribution is 2.15. The summed E-state index contributed by atoms with van der Waals surface area (Å²) < 4.78 is 3.23. The molecule has 2 aromatic rings. The van der Waals surface area contributed by atoms with E-state index in [1.807, 2.05) is 6.20 Å². The van der Waals surface area contributed by atoms with Crippen molar-refractivity contribution in [3.8, 4) is 0 Å². The van der Waals surface area contributed by atoms with Crippen LogP contribution in [0.3, 0.4) is 0 Å². The van der Waals surface area contributed by atoms with Gasteiger partial charge in [0, 0.05) is 49.2 Å². The van der Waals surface area contributed by atoms with Gasteiger partial charge in [-0.1, -0.05) is 0 Å². The van der Waals surface area contributed by atoms with Crippen molar-refractivity contribution in [2.45, 2.75) is 33.2 Å². The van der Waals surface area contributed by atoms with Crippen molar-refractivity contribution in [3.05, 3.63) is 39.9 Å². The summed E-state index contributed by atoms with van der Waals surface area (Å²) in [7, 11) is 4.13. The number of hydrogen-bond donors (Lipinski definition) is 2. The number of guanidine groups is 1. The highest BCUT2D eigenvalue weighted by Gasteiger charge is 2.09. The SMILES string of the molecule is CCNC(=NCCCc1cn[nH]c1C)N(C)Cc1cc(Br)cn1C. The van der Waals surface area contributed by atoms with Crippen LogP contribution in [-0.4, -0.2) is 45.8 Å². The van der Waals surface area contributed by atoms with Crippen molar-refractivity contribution in [3.63, 3.8) is 0 Å². The molecule has 7 heteroatoms. The van der Waals surface area contributed by atoms with Gasteiger partial charge in [0.25, 0.3) is 0 Å². The first-order valence-electron chi connectivity index (χ1n) is 8.30. The molecule has 0 unspecified atom stereocenters. The fraction of sp³-hybridized carbons (Fsp3) is 0.529. The lowest BCUT2D eigenvalue weighted by Gasteiger charge is -2.22.